The topological polar surface area (TPSA) is 64.1 Å². The highest BCUT2D eigenvalue weighted by atomic mass is 35.5. The van der Waals surface area contributed by atoms with Gasteiger partial charge in [0.2, 0.25) is 0 Å². The van der Waals surface area contributed by atoms with E-state index in [1.807, 2.05) is 44.2 Å². The first-order valence-corrected chi connectivity index (χ1v) is 7.50. The van der Waals surface area contributed by atoms with Crippen LogP contribution in [-0.2, 0) is 24.5 Å². The van der Waals surface area contributed by atoms with Crippen molar-refractivity contribution in [3.8, 4) is 0 Å². The van der Waals surface area contributed by atoms with Crippen LogP contribution >= 0.6 is 11.6 Å². The lowest BCUT2D eigenvalue weighted by Gasteiger charge is -2.13. The van der Waals surface area contributed by atoms with Crippen molar-refractivity contribution in [3.05, 3.63) is 67.4 Å². The summed E-state index contributed by atoms with van der Waals surface area (Å²) in [6.07, 6.45) is 0.507. The fraction of sp³-hybridized carbons (Fsp3) is 0.375. The van der Waals surface area contributed by atoms with Gasteiger partial charge in [0.05, 0.1) is 12.2 Å². The molecule has 22 heavy (non-hydrogen) atoms. The number of benzene rings is 1. The number of nitrogens with zero attached hydrogens (tertiary/aromatic N) is 1. The van der Waals surface area contributed by atoms with Crippen LogP contribution in [0.5, 0.6) is 0 Å². The van der Waals surface area contributed by atoms with Crippen LogP contribution in [0, 0.1) is 5.92 Å². The lowest BCUT2D eigenvalue weighted by Crippen LogP contribution is -2.34. The molecule has 6 heteroatoms. The van der Waals surface area contributed by atoms with Gasteiger partial charge in [0.15, 0.2) is 0 Å². The summed E-state index contributed by atoms with van der Waals surface area (Å²) in [7, 11) is 0. The van der Waals surface area contributed by atoms with Gasteiger partial charge in [0.1, 0.15) is 11.9 Å². The van der Waals surface area contributed by atoms with Crippen molar-refractivity contribution in [1.29, 1.82) is 0 Å². The quantitative estimate of drug-likeness (QED) is 0.831. The lowest BCUT2D eigenvalue weighted by molar-refractivity contribution is 0.0608. The van der Waals surface area contributed by atoms with E-state index in [0.717, 1.165) is 5.56 Å². The van der Waals surface area contributed by atoms with Crippen LogP contribution in [0.15, 0.2) is 39.9 Å². The minimum atomic E-state index is -0.560. The summed E-state index contributed by atoms with van der Waals surface area (Å²) in [5, 5.41) is 0.149. The maximum Gasteiger partial charge on any atom is 0.331 e. The van der Waals surface area contributed by atoms with E-state index in [2.05, 4.69) is 4.98 Å². The fourth-order valence-corrected chi connectivity index (χ4v) is 2.40. The summed E-state index contributed by atoms with van der Waals surface area (Å²) in [5.74, 6) is 0.259. The van der Waals surface area contributed by atoms with E-state index in [1.165, 1.54) is 4.57 Å². The Bertz CT molecular complexity index is 735. The highest BCUT2D eigenvalue weighted by Gasteiger charge is 2.14. The summed E-state index contributed by atoms with van der Waals surface area (Å²) >= 11 is 6.21. The SMILES string of the molecule is CC(C)Cc1c(Cl)n(COCc2ccccc2)c(=O)[nH]c1=O. The average Bonchev–Trinajstić information content (AvgIpc) is 2.48. The van der Waals surface area contributed by atoms with Gasteiger partial charge in [-0.2, -0.15) is 0 Å². The van der Waals surface area contributed by atoms with Gasteiger partial charge in [-0.15, -0.1) is 0 Å². The van der Waals surface area contributed by atoms with E-state index in [9.17, 15) is 9.59 Å². The summed E-state index contributed by atoms with van der Waals surface area (Å²) in [6.45, 7) is 4.32. The minimum absolute atomic E-state index is 0.00552. The Kier molecular flexibility index (Phi) is 5.57. The monoisotopic (exact) mass is 322 g/mol. The molecule has 118 valence electrons. The number of ether oxygens (including phenoxy) is 1. The summed E-state index contributed by atoms with van der Waals surface area (Å²) in [6, 6.07) is 9.62. The zero-order valence-corrected chi connectivity index (χ0v) is 13.4. The van der Waals surface area contributed by atoms with Crippen LogP contribution in [0.3, 0.4) is 0 Å². The van der Waals surface area contributed by atoms with Gasteiger partial charge in [0.25, 0.3) is 5.56 Å². The summed E-state index contributed by atoms with van der Waals surface area (Å²) in [4.78, 5) is 26.0. The second kappa shape index (κ2) is 7.42. The molecule has 0 fully saturated rings. The normalized spacial score (nSPS) is 11.1. The van der Waals surface area contributed by atoms with Gasteiger partial charge in [-0.05, 0) is 17.9 Å². The third kappa shape index (κ3) is 4.08. The molecule has 1 aromatic heterocycles. The number of nitrogens with one attached hydrogen (secondary N) is 1. The first-order valence-electron chi connectivity index (χ1n) is 7.12. The molecule has 0 atom stereocenters. The van der Waals surface area contributed by atoms with Crippen LogP contribution < -0.4 is 11.2 Å². The fourth-order valence-electron chi connectivity index (χ4n) is 2.12. The van der Waals surface area contributed by atoms with E-state index in [4.69, 9.17) is 16.3 Å². The van der Waals surface area contributed by atoms with Crippen molar-refractivity contribution in [1.82, 2.24) is 9.55 Å². The van der Waals surface area contributed by atoms with Gasteiger partial charge < -0.3 is 4.74 Å². The highest BCUT2D eigenvalue weighted by molar-refractivity contribution is 6.30. The number of H-pyrrole nitrogens is 1. The molecule has 0 aliphatic carbocycles. The second-order valence-electron chi connectivity index (χ2n) is 5.52. The molecule has 0 spiro atoms. The Balaban J connectivity index is 2.16. The van der Waals surface area contributed by atoms with Gasteiger partial charge in [-0.25, -0.2) is 4.79 Å². The van der Waals surface area contributed by atoms with Gasteiger partial charge >= 0.3 is 5.69 Å². The maximum absolute atomic E-state index is 11.9. The van der Waals surface area contributed by atoms with Crippen LogP contribution in [0.2, 0.25) is 5.15 Å². The zero-order valence-electron chi connectivity index (χ0n) is 12.6. The predicted molar refractivity (Wildman–Crippen MR) is 86.1 cm³/mol. The third-order valence-electron chi connectivity index (χ3n) is 3.17. The van der Waals surface area contributed by atoms with Crippen LogP contribution in [-0.4, -0.2) is 9.55 Å². The average molecular weight is 323 g/mol. The molecule has 1 heterocycles. The van der Waals surface area contributed by atoms with Crippen LogP contribution in [0.25, 0.3) is 0 Å². The van der Waals surface area contributed by atoms with Crippen molar-refractivity contribution in [2.24, 2.45) is 5.92 Å². The first-order chi connectivity index (χ1) is 10.5. The highest BCUT2D eigenvalue weighted by Crippen LogP contribution is 2.14. The van der Waals surface area contributed by atoms with E-state index in [1.54, 1.807) is 0 Å². The van der Waals surface area contributed by atoms with Crippen molar-refractivity contribution >= 4 is 11.6 Å². The van der Waals surface area contributed by atoms with Crippen molar-refractivity contribution < 1.29 is 4.74 Å². The van der Waals surface area contributed by atoms with Crippen molar-refractivity contribution in [2.75, 3.05) is 0 Å². The first kappa shape index (κ1) is 16.5. The zero-order chi connectivity index (χ0) is 16.1. The molecule has 0 bridgehead atoms. The van der Waals surface area contributed by atoms with E-state index >= 15 is 0 Å². The Morgan fingerprint density at radius 1 is 1.23 bits per heavy atom. The molecule has 0 amide bonds. The molecule has 2 aromatic rings. The van der Waals surface area contributed by atoms with Gasteiger partial charge in [-0.1, -0.05) is 55.8 Å². The maximum atomic E-state index is 11.9. The van der Waals surface area contributed by atoms with E-state index < -0.39 is 11.2 Å². The van der Waals surface area contributed by atoms with E-state index in [-0.39, 0.29) is 17.8 Å². The standard InChI is InChI=1S/C16H19ClN2O3/c1-11(2)8-13-14(17)19(16(21)18-15(13)20)10-22-9-12-6-4-3-5-7-12/h3-7,11H,8-10H2,1-2H3,(H,18,20,21). The molecule has 0 unspecified atom stereocenters. The Labute approximate surface area is 133 Å². The Hall–Kier alpha value is -1.85. The second-order valence-corrected chi connectivity index (χ2v) is 5.88. The molecule has 0 saturated heterocycles. The van der Waals surface area contributed by atoms with Crippen molar-refractivity contribution in [3.63, 3.8) is 0 Å². The predicted octanol–water partition coefficient (Wildman–Crippen LogP) is 2.56. The molecule has 1 aromatic carbocycles. The van der Waals surface area contributed by atoms with Crippen LogP contribution in [0.1, 0.15) is 25.0 Å². The summed E-state index contributed by atoms with van der Waals surface area (Å²) < 4.78 is 6.76. The molecule has 0 radical (unpaired) electrons. The Morgan fingerprint density at radius 3 is 2.55 bits per heavy atom. The minimum Gasteiger partial charge on any atom is -0.356 e. The molecule has 5 nitrogen and oxygen atoms in total. The number of hydrogen-bond donors (Lipinski definition) is 1. The molecule has 1 N–H and O–H groups in total. The lowest BCUT2D eigenvalue weighted by atomic mass is 10.1. The number of rotatable bonds is 6. The molecule has 2 rings (SSSR count). The number of halogens is 1. The molecular weight excluding hydrogens is 304 g/mol. The molecular formula is C16H19ClN2O3. The largest absolute Gasteiger partial charge is 0.356 e. The number of hydrogen-bond acceptors (Lipinski definition) is 3. The summed E-state index contributed by atoms with van der Waals surface area (Å²) in [5.41, 5.74) is 0.427. The number of aromatic nitrogens is 2. The molecule has 0 saturated carbocycles. The molecule has 0 aliphatic heterocycles. The Morgan fingerprint density at radius 2 is 1.91 bits per heavy atom. The van der Waals surface area contributed by atoms with Crippen molar-refractivity contribution in [2.45, 2.75) is 33.6 Å². The smallest absolute Gasteiger partial charge is 0.331 e. The van der Waals surface area contributed by atoms with Gasteiger partial charge in [0, 0.05) is 0 Å². The van der Waals surface area contributed by atoms with E-state index in [0.29, 0.717) is 18.6 Å². The number of aromatic amines is 1. The molecule has 0 aliphatic rings. The van der Waals surface area contributed by atoms with Crippen LogP contribution in [0.4, 0.5) is 0 Å². The third-order valence-corrected chi connectivity index (χ3v) is 3.60. The van der Waals surface area contributed by atoms with Gasteiger partial charge in [-0.3, -0.25) is 14.3 Å².